The summed E-state index contributed by atoms with van der Waals surface area (Å²) in [7, 11) is 0. The Balaban J connectivity index is 2.16. The molecule has 0 radical (unpaired) electrons. The highest BCUT2D eigenvalue weighted by Gasteiger charge is 2.10. The van der Waals surface area contributed by atoms with Gasteiger partial charge in [-0.05, 0) is 6.92 Å². The fourth-order valence-corrected chi connectivity index (χ4v) is 2.03. The smallest absolute Gasteiger partial charge is 0.276 e. The van der Waals surface area contributed by atoms with Crippen LogP contribution in [0, 0.1) is 10.1 Å². The van der Waals surface area contributed by atoms with Crippen LogP contribution in [0.1, 0.15) is 11.8 Å². The quantitative estimate of drug-likeness (QED) is 0.623. The van der Waals surface area contributed by atoms with Crippen LogP contribution in [-0.4, -0.2) is 21.4 Å². The number of hydrogen-bond acceptors (Lipinski definition) is 7. The van der Waals surface area contributed by atoms with Crippen molar-refractivity contribution in [2.45, 2.75) is 13.5 Å². The van der Waals surface area contributed by atoms with Gasteiger partial charge in [0.2, 0.25) is 0 Å². The Kier molecular flexibility index (Phi) is 4.24. The van der Waals surface area contributed by atoms with Crippen molar-refractivity contribution in [1.29, 1.82) is 0 Å². The summed E-state index contributed by atoms with van der Waals surface area (Å²) in [6, 6.07) is 2.84. The Hall–Kier alpha value is -2.22. The van der Waals surface area contributed by atoms with Gasteiger partial charge in [0.15, 0.2) is 0 Å². The first kappa shape index (κ1) is 13.2. The monoisotopic (exact) mass is 279 g/mol. The second kappa shape index (κ2) is 6.10. The average Bonchev–Trinajstić information content (AvgIpc) is 2.89. The van der Waals surface area contributed by atoms with E-state index in [1.54, 1.807) is 11.7 Å². The summed E-state index contributed by atoms with van der Waals surface area (Å²) in [5, 5.41) is 16.9. The standard InChI is InChI=1S/C11H13N5O2S/c1-2-13-10-3-8(16(17)18)4-11(15-10)14-6-9-5-12-7-19-9/h3-5,7H,2,6H2,1H3,(H2,13,14,15). The molecule has 0 bridgehead atoms. The van der Waals surface area contributed by atoms with E-state index in [1.165, 1.54) is 23.5 Å². The summed E-state index contributed by atoms with van der Waals surface area (Å²) < 4.78 is 0. The van der Waals surface area contributed by atoms with E-state index in [-0.39, 0.29) is 5.69 Å². The van der Waals surface area contributed by atoms with Crippen LogP contribution in [0.5, 0.6) is 0 Å². The lowest BCUT2D eigenvalue weighted by molar-refractivity contribution is -0.384. The molecule has 0 spiro atoms. The van der Waals surface area contributed by atoms with E-state index in [0.29, 0.717) is 24.7 Å². The van der Waals surface area contributed by atoms with Crippen molar-refractivity contribution in [1.82, 2.24) is 9.97 Å². The van der Waals surface area contributed by atoms with Crippen LogP contribution < -0.4 is 10.6 Å². The largest absolute Gasteiger partial charge is 0.370 e. The summed E-state index contributed by atoms with van der Waals surface area (Å²) in [6.45, 7) is 3.11. The molecule has 8 heteroatoms. The summed E-state index contributed by atoms with van der Waals surface area (Å²) in [5.41, 5.74) is 1.75. The number of hydrogen-bond donors (Lipinski definition) is 2. The molecular formula is C11H13N5O2S. The highest BCUT2D eigenvalue weighted by molar-refractivity contribution is 7.09. The van der Waals surface area contributed by atoms with Gasteiger partial charge in [-0.15, -0.1) is 11.3 Å². The number of pyridine rings is 1. The molecule has 0 unspecified atom stereocenters. The molecule has 2 aromatic rings. The average molecular weight is 279 g/mol. The molecule has 0 aliphatic rings. The molecule has 0 fully saturated rings. The van der Waals surface area contributed by atoms with Crippen molar-refractivity contribution >= 4 is 28.7 Å². The number of aromatic nitrogens is 2. The highest BCUT2D eigenvalue weighted by Crippen LogP contribution is 2.21. The molecule has 2 heterocycles. The Morgan fingerprint density at radius 1 is 1.37 bits per heavy atom. The first-order valence-corrected chi connectivity index (χ1v) is 6.58. The molecule has 100 valence electrons. The third-order valence-corrected chi connectivity index (χ3v) is 3.09. The summed E-state index contributed by atoms with van der Waals surface area (Å²) in [6.07, 6.45) is 1.75. The van der Waals surface area contributed by atoms with E-state index in [2.05, 4.69) is 20.6 Å². The van der Waals surface area contributed by atoms with Gasteiger partial charge in [-0.3, -0.25) is 15.1 Å². The second-order valence-corrected chi connectivity index (χ2v) is 4.68. The van der Waals surface area contributed by atoms with Gasteiger partial charge in [0, 0.05) is 17.6 Å². The fraction of sp³-hybridized carbons (Fsp3) is 0.273. The molecule has 0 saturated heterocycles. The molecule has 2 rings (SSSR count). The molecule has 0 atom stereocenters. The Bertz CT molecular complexity index is 558. The lowest BCUT2D eigenvalue weighted by atomic mass is 10.3. The number of thiazole rings is 1. The molecule has 0 amide bonds. The Labute approximate surface area is 113 Å². The minimum Gasteiger partial charge on any atom is -0.370 e. The van der Waals surface area contributed by atoms with Crippen molar-refractivity contribution in [3.63, 3.8) is 0 Å². The Morgan fingerprint density at radius 3 is 2.68 bits per heavy atom. The van der Waals surface area contributed by atoms with Gasteiger partial charge in [0.25, 0.3) is 5.69 Å². The van der Waals surface area contributed by atoms with E-state index >= 15 is 0 Å². The third-order valence-electron chi connectivity index (χ3n) is 2.31. The molecule has 2 N–H and O–H groups in total. The number of nitro groups is 1. The van der Waals surface area contributed by atoms with Gasteiger partial charge in [0.05, 0.1) is 29.1 Å². The van der Waals surface area contributed by atoms with Crippen LogP contribution in [0.4, 0.5) is 17.3 Å². The Morgan fingerprint density at radius 2 is 2.11 bits per heavy atom. The molecular weight excluding hydrogens is 266 g/mol. The maximum absolute atomic E-state index is 10.9. The van der Waals surface area contributed by atoms with Gasteiger partial charge in [-0.2, -0.15) is 0 Å². The molecule has 2 aromatic heterocycles. The van der Waals surface area contributed by atoms with Crippen LogP contribution in [0.3, 0.4) is 0 Å². The molecule has 0 aromatic carbocycles. The van der Waals surface area contributed by atoms with Crippen LogP contribution >= 0.6 is 11.3 Å². The third kappa shape index (κ3) is 3.62. The molecule has 0 aliphatic heterocycles. The van der Waals surface area contributed by atoms with Crippen molar-refractivity contribution in [2.75, 3.05) is 17.2 Å². The van der Waals surface area contributed by atoms with E-state index in [9.17, 15) is 10.1 Å². The van der Waals surface area contributed by atoms with Gasteiger partial charge >= 0.3 is 0 Å². The SMILES string of the molecule is CCNc1cc([N+](=O)[O-])cc(NCc2cncs2)n1. The first-order valence-electron chi connectivity index (χ1n) is 5.70. The number of nitrogens with zero attached hydrogens (tertiary/aromatic N) is 3. The summed E-state index contributed by atoms with van der Waals surface area (Å²) >= 11 is 1.52. The van der Waals surface area contributed by atoms with Gasteiger partial charge in [-0.25, -0.2) is 4.98 Å². The molecule has 19 heavy (non-hydrogen) atoms. The zero-order valence-corrected chi connectivity index (χ0v) is 11.1. The number of nitrogens with one attached hydrogen (secondary N) is 2. The normalized spacial score (nSPS) is 10.2. The van der Waals surface area contributed by atoms with Crippen molar-refractivity contribution < 1.29 is 4.92 Å². The zero-order chi connectivity index (χ0) is 13.7. The maximum Gasteiger partial charge on any atom is 0.276 e. The van der Waals surface area contributed by atoms with Crippen molar-refractivity contribution in [3.8, 4) is 0 Å². The van der Waals surface area contributed by atoms with Crippen LogP contribution in [0.2, 0.25) is 0 Å². The number of anilines is 2. The first-order chi connectivity index (χ1) is 9.19. The predicted octanol–water partition coefficient (Wildman–Crippen LogP) is 2.49. The van der Waals surface area contributed by atoms with Crippen LogP contribution in [0.15, 0.2) is 23.8 Å². The fourth-order valence-electron chi connectivity index (χ4n) is 1.49. The minimum absolute atomic E-state index is 0.0118. The van der Waals surface area contributed by atoms with Crippen molar-refractivity contribution in [3.05, 3.63) is 38.8 Å². The second-order valence-electron chi connectivity index (χ2n) is 3.70. The number of rotatable bonds is 6. The topological polar surface area (TPSA) is 93.0 Å². The van der Waals surface area contributed by atoms with E-state index in [4.69, 9.17) is 0 Å². The van der Waals surface area contributed by atoms with Crippen LogP contribution in [0.25, 0.3) is 0 Å². The molecule has 0 saturated carbocycles. The minimum atomic E-state index is -0.430. The van der Waals surface area contributed by atoms with Gasteiger partial charge < -0.3 is 10.6 Å². The summed E-state index contributed by atoms with van der Waals surface area (Å²) in [4.78, 5) is 19.7. The van der Waals surface area contributed by atoms with E-state index in [1.807, 2.05) is 6.92 Å². The van der Waals surface area contributed by atoms with E-state index in [0.717, 1.165) is 4.88 Å². The maximum atomic E-state index is 10.9. The lowest BCUT2D eigenvalue weighted by Crippen LogP contribution is -2.05. The predicted molar refractivity (Wildman–Crippen MR) is 74.5 cm³/mol. The molecule has 0 aliphatic carbocycles. The highest BCUT2D eigenvalue weighted by atomic mass is 32.1. The van der Waals surface area contributed by atoms with Crippen molar-refractivity contribution in [2.24, 2.45) is 0 Å². The lowest BCUT2D eigenvalue weighted by Gasteiger charge is -2.07. The van der Waals surface area contributed by atoms with Crippen LogP contribution in [-0.2, 0) is 6.54 Å². The zero-order valence-electron chi connectivity index (χ0n) is 10.3. The van der Waals surface area contributed by atoms with E-state index < -0.39 is 4.92 Å². The van der Waals surface area contributed by atoms with Gasteiger partial charge in [-0.1, -0.05) is 0 Å². The van der Waals surface area contributed by atoms with Gasteiger partial charge in [0.1, 0.15) is 11.6 Å². The molecule has 7 nitrogen and oxygen atoms in total. The summed E-state index contributed by atoms with van der Waals surface area (Å²) in [5.74, 6) is 0.960.